The van der Waals surface area contributed by atoms with Crippen molar-refractivity contribution in [2.75, 3.05) is 13.2 Å². The number of carbonyl (C=O) groups is 2. The molecule has 6 nitrogen and oxygen atoms in total. The van der Waals surface area contributed by atoms with E-state index in [0.29, 0.717) is 6.42 Å². The topological polar surface area (TPSA) is 78.9 Å². The Kier molecular flexibility index (Phi) is 5.26. The van der Waals surface area contributed by atoms with Gasteiger partial charge >= 0.3 is 6.09 Å². The lowest BCUT2D eigenvalue weighted by molar-refractivity contribution is -0.131. The van der Waals surface area contributed by atoms with Gasteiger partial charge in [-0.3, -0.25) is 9.69 Å². The summed E-state index contributed by atoms with van der Waals surface area (Å²) in [6.45, 7) is 5.36. The predicted molar refractivity (Wildman–Crippen MR) is 85.9 cm³/mol. The highest BCUT2D eigenvalue weighted by Gasteiger charge is 2.39. The number of hydrogen-bond donors (Lipinski definition) is 2. The van der Waals surface area contributed by atoms with Crippen LogP contribution >= 0.6 is 0 Å². The maximum absolute atomic E-state index is 12.5. The van der Waals surface area contributed by atoms with Gasteiger partial charge in [-0.2, -0.15) is 0 Å². The van der Waals surface area contributed by atoms with E-state index in [0.717, 1.165) is 5.56 Å². The van der Waals surface area contributed by atoms with E-state index in [1.165, 1.54) is 4.90 Å². The van der Waals surface area contributed by atoms with Crippen LogP contribution in [-0.4, -0.2) is 52.8 Å². The molecule has 23 heavy (non-hydrogen) atoms. The monoisotopic (exact) mass is 320 g/mol. The third kappa shape index (κ3) is 4.69. The molecule has 2 amide bonds. The molecule has 1 heterocycles. The molecule has 0 aromatic heterocycles. The van der Waals surface area contributed by atoms with E-state index >= 15 is 0 Å². The smallest absolute Gasteiger partial charge is 0.411 e. The highest BCUT2D eigenvalue weighted by atomic mass is 16.6. The van der Waals surface area contributed by atoms with Crippen molar-refractivity contribution in [3.63, 3.8) is 0 Å². The summed E-state index contributed by atoms with van der Waals surface area (Å²) in [7, 11) is 0. The molecule has 126 valence electrons. The lowest BCUT2D eigenvalue weighted by atomic mass is 10.0. The van der Waals surface area contributed by atoms with Gasteiger partial charge in [0.2, 0.25) is 5.91 Å². The van der Waals surface area contributed by atoms with Gasteiger partial charge in [0.1, 0.15) is 11.6 Å². The Labute approximate surface area is 136 Å². The molecular formula is C17H24N2O4. The Morgan fingerprint density at radius 3 is 2.57 bits per heavy atom. The van der Waals surface area contributed by atoms with Gasteiger partial charge in [0.25, 0.3) is 0 Å². The minimum atomic E-state index is -0.643. The van der Waals surface area contributed by atoms with E-state index in [2.05, 4.69) is 5.32 Å². The first-order valence-electron chi connectivity index (χ1n) is 7.75. The summed E-state index contributed by atoms with van der Waals surface area (Å²) in [6, 6.07) is 8.40. The molecule has 0 bridgehead atoms. The zero-order chi connectivity index (χ0) is 17.0. The Morgan fingerprint density at radius 1 is 1.35 bits per heavy atom. The van der Waals surface area contributed by atoms with E-state index in [1.807, 2.05) is 30.3 Å². The van der Waals surface area contributed by atoms with Gasteiger partial charge in [-0.05, 0) is 26.3 Å². The standard InChI is InChI=1S/C17H24N2O4/c1-17(2,3)23-16(22)19-10-13(11-20)18-15(21)14(19)9-12-7-5-4-6-8-12/h4-8,13-14,20H,9-11H2,1-3H3,(H,18,21)/t13-,14+/m1/s1. The Balaban J connectivity index is 2.20. The van der Waals surface area contributed by atoms with Gasteiger partial charge in [-0.25, -0.2) is 4.79 Å². The Hall–Kier alpha value is -2.08. The third-order valence-electron chi connectivity index (χ3n) is 3.56. The summed E-state index contributed by atoms with van der Waals surface area (Å²) in [6.07, 6.45) is -0.129. The van der Waals surface area contributed by atoms with Crippen molar-refractivity contribution in [1.82, 2.24) is 10.2 Å². The lowest BCUT2D eigenvalue weighted by Crippen LogP contribution is -2.63. The number of amides is 2. The molecule has 1 aromatic carbocycles. The molecule has 0 unspecified atom stereocenters. The number of piperazine rings is 1. The third-order valence-corrected chi connectivity index (χ3v) is 3.56. The molecule has 2 rings (SSSR count). The minimum absolute atomic E-state index is 0.219. The molecule has 0 spiro atoms. The Morgan fingerprint density at radius 2 is 2.00 bits per heavy atom. The molecule has 1 saturated heterocycles. The average Bonchev–Trinajstić information content (AvgIpc) is 2.48. The summed E-state index contributed by atoms with van der Waals surface area (Å²) < 4.78 is 5.41. The maximum atomic E-state index is 12.5. The van der Waals surface area contributed by atoms with Crippen LogP contribution in [0.25, 0.3) is 0 Å². The van der Waals surface area contributed by atoms with E-state index < -0.39 is 23.8 Å². The first-order valence-corrected chi connectivity index (χ1v) is 7.75. The van der Waals surface area contributed by atoms with Gasteiger partial charge in [0, 0.05) is 13.0 Å². The maximum Gasteiger partial charge on any atom is 0.411 e. The largest absolute Gasteiger partial charge is 0.444 e. The van der Waals surface area contributed by atoms with Crippen molar-refractivity contribution in [2.24, 2.45) is 0 Å². The highest BCUT2D eigenvalue weighted by Crippen LogP contribution is 2.18. The number of aliphatic hydroxyl groups is 1. The van der Waals surface area contributed by atoms with Crippen LogP contribution in [0.2, 0.25) is 0 Å². The van der Waals surface area contributed by atoms with Crippen LogP contribution in [0.1, 0.15) is 26.3 Å². The van der Waals surface area contributed by atoms with Crippen molar-refractivity contribution in [3.8, 4) is 0 Å². The molecule has 0 aliphatic carbocycles. The van der Waals surface area contributed by atoms with E-state index in [1.54, 1.807) is 20.8 Å². The molecule has 2 atom stereocenters. The van der Waals surface area contributed by atoms with Gasteiger partial charge in [-0.1, -0.05) is 30.3 Å². The van der Waals surface area contributed by atoms with E-state index in [4.69, 9.17) is 4.74 Å². The van der Waals surface area contributed by atoms with Crippen LogP contribution in [0.5, 0.6) is 0 Å². The first kappa shape index (κ1) is 17.3. The molecular weight excluding hydrogens is 296 g/mol. The number of benzene rings is 1. The Bertz CT molecular complexity index is 553. The van der Waals surface area contributed by atoms with Crippen molar-refractivity contribution in [1.29, 1.82) is 0 Å². The summed E-state index contributed by atoms with van der Waals surface area (Å²) in [4.78, 5) is 26.3. The number of carbonyl (C=O) groups excluding carboxylic acids is 2. The zero-order valence-electron chi connectivity index (χ0n) is 13.8. The summed E-state index contributed by atoms with van der Waals surface area (Å²) in [5.74, 6) is -0.273. The number of rotatable bonds is 3. The van der Waals surface area contributed by atoms with Crippen LogP contribution in [0.3, 0.4) is 0 Å². The number of nitrogens with zero attached hydrogens (tertiary/aromatic N) is 1. The first-order chi connectivity index (χ1) is 10.8. The summed E-state index contributed by atoms with van der Waals surface area (Å²) in [5, 5.41) is 12.1. The molecule has 0 saturated carbocycles. The van der Waals surface area contributed by atoms with Crippen molar-refractivity contribution < 1.29 is 19.4 Å². The van der Waals surface area contributed by atoms with Crippen LogP contribution in [-0.2, 0) is 16.0 Å². The van der Waals surface area contributed by atoms with Gasteiger partial charge < -0.3 is 15.2 Å². The quantitative estimate of drug-likeness (QED) is 0.880. The molecule has 1 aliphatic heterocycles. The number of hydrogen-bond acceptors (Lipinski definition) is 4. The molecule has 1 aromatic rings. The minimum Gasteiger partial charge on any atom is -0.444 e. The fourth-order valence-corrected chi connectivity index (χ4v) is 2.52. The van der Waals surface area contributed by atoms with E-state index in [9.17, 15) is 14.7 Å². The number of nitrogens with one attached hydrogen (secondary N) is 1. The fourth-order valence-electron chi connectivity index (χ4n) is 2.52. The van der Waals surface area contributed by atoms with Gasteiger partial charge in [0.05, 0.1) is 12.6 Å². The number of aliphatic hydroxyl groups excluding tert-OH is 1. The number of ether oxygens (including phenoxy) is 1. The average molecular weight is 320 g/mol. The highest BCUT2D eigenvalue weighted by molar-refractivity contribution is 5.87. The van der Waals surface area contributed by atoms with E-state index in [-0.39, 0.29) is 19.1 Å². The predicted octanol–water partition coefficient (Wildman–Crippen LogP) is 1.33. The fraction of sp³-hybridized carbons (Fsp3) is 0.529. The SMILES string of the molecule is CC(C)(C)OC(=O)N1C[C@H](CO)NC(=O)[C@@H]1Cc1ccccc1. The van der Waals surface area contributed by atoms with Crippen molar-refractivity contribution >= 4 is 12.0 Å². The second kappa shape index (κ2) is 7.00. The van der Waals surface area contributed by atoms with Crippen molar-refractivity contribution in [3.05, 3.63) is 35.9 Å². The van der Waals surface area contributed by atoms with Crippen LogP contribution in [0.4, 0.5) is 4.79 Å². The summed E-state index contributed by atoms with van der Waals surface area (Å²) >= 11 is 0. The zero-order valence-corrected chi connectivity index (χ0v) is 13.8. The molecule has 1 fully saturated rings. The second-order valence-electron chi connectivity index (χ2n) is 6.73. The van der Waals surface area contributed by atoms with Crippen molar-refractivity contribution in [2.45, 2.75) is 44.9 Å². The lowest BCUT2D eigenvalue weighted by Gasteiger charge is -2.39. The second-order valence-corrected chi connectivity index (χ2v) is 6.73. The van der Waals surface area contributed by atoms with Crippen LogP contribution in [0, 0.1) is 0 Å². The molecule has 0 radical (unpaired) electrons. The summed E-state index contributed by atoms with van der Waals surface area (Å²) in [5.41, 5.74) is 0.320. The normalized spacial score (nSPS) is 21.7. The molecule has 2 N–H and O–H groups in total. The van der Waals surface area contributed by atoms with Crippen LogP contribution in [0.15, 0.2) is 30.3 Å². The molecule has 1 aliphatic rings. The van der Waals surface area contributed by atoms with Crippen LogP contribution < -0.4 is 5.32 Å². The molecule has 6 heteroatoms. The van der Waals surface area contributed by atoms with Gasteiger partial charge in [-0.15, -0.1) is 0 Å². The van der Waals surface area contributed by atoms with Gasteiger partial charge in [0.15, 0.2) is 0 Å².